The zero-order chi connectivity index (χ0) is 14.5. The standard InChI is InChI=1S/C15H18N2O3/c1-10-13(16)6-3-7-14(10)17-15(18)11(2)20-9-12-5-4-8-19-12/h3-8,11H,9,16H2,1-2H3,(H,17,18). The number of rotatable bonds is 5. The van der Waals surface area contributed by atoms with Crippen LogP contribution < -0.4 is 11.1 Å². The van der Waals surface area contributed by atoms with Crippen molar-refractivity contribution >= 4 is 17.3 Å². The largest absolute Gasteiger partial charge is 0.467 e. The monoisotopic (exact) mass is 274 g/mol. The zero-order valence-corrected chi connectivity index (χ0v) is 11.6. The summed E-state index contributed by atoms with van der Waals surface area (Å²) in [6, 6.07) is 8.98. The lowest BCUT2D eigenvalue weighted by Crippen LogP contribution is -2.28. The van der Waals surface area contributed by atoms with Gasteiger partial charge in [-0.05, 0) is 43.7 Å². The molecule has 0 saturated carbocycles. The van der Waals surface area contributed by atoms with E-state index in [1.165, 1.54) is 0 Å². The van der Waals surface area contributed by atoms with Crippen LogP contribution in [0.5, 0.6) is 0 Å². The van der Waals surface area contributed by atoms with Crippen molar-refractivity contribution in [1.82, 2.24) is 0 Å². The van der Waals surface area contributed by atoms with E-state index in [1.807, 2.05) is 13.0 Å². The molecule has 1 unspecified atom stereocenters. The molecule has 0 fully saturated rings. The van der Waals surface area contributed by atoms with E-state index in [1.54, 1.807) is 37.5 Å². The molecule has 0 radical (unpaired) electrons. The Bertz CT molecular complexity index is 579. The van der Waals surface area contributed by atoms with Gasteiger partial charge in [-0.3, -0.25) is 4.79 Å². The Morgan fingerprint density at radius 1 is 1.40 bits per heavy atom. The number of nitrogens with one attached hydrogen (secondary N) is 1. The van der Waals surface area contributed by atoms with E-state index < -0.39 is 6.10 Å². The summed E-state index contributed by atoms with van der Waals surface area (Å²) in [5, 5.41) is 2.81. The number of carbonyl (C=O) groups excluding carboxylic acids is 1. The number of furan rings is 1. The molecular formula is C15H18N2O3. The summed E-state index contributed by atoms with van der Waals surface area (Å²) in [6.45, 7) is 3.82. The van der Waals surface area contributed by atoms with Crippen LogP contribution in [-0.2, 0) is 16.1 Å². The summed E-state index contributed by atoms with van der Waals surface area (Å²) < 4.78 is 10.6. The second kappa shape index (κ2) is 6.25. The highest BCUT2D eigenvalue weighted by Crippen LogP contribution is 2.20. The van der Waals surface area contributed by atoms with Gasteiger partial charge in [-0.15, -0.1) is 0 Å². The van der Waals surface area contributed by atoms with E-state index in [2.05, 4.69) is 5.32 Å². The molecular weight excluding hydrogens is 256 g/mol. The first-order valence-corrected chi connectivity index (χ1v) is 6.38. The van der Waals surface area contributed by atoms with Crippen molar-refractivity contribution in [1.29, 1.82) is 0 Å². The summed E-state index contributed by atoms with van der Waals surface area (Å²) in [4.78, 5) is 12.0. The fraction of sp³-hybridized carbons (Fsp3) is 0.267. The number of anilines is 2. The lowest BCUT2D eigenvalue weighted by Gasteiger charge is -2.14. The molecule has 1 aromatic heterocycles. The maximum Gasteiger partial charge on any atom is 0.253 e. The molecule has 2 rings (SSSR count). The third kappa shape index (κ3) is 3.39. The number of nitrogens with two attached hydrogens (primary N) is 1. The Morgan fingerprint density at radius 3 is 2.90 bits per heavy atom. The fourth-order valence-electron chi connectivity index (χ4n) is 1.70. The topological polar surface area (TPSA) is 77.5 Å². The van der Waals surface area contributed by atoms with Crippen molar-refractivity contribution in [3.63, 3.8) is 0 Å². The van der Waals surface area contributed by atoms with Gasteiger partial charge in [-0.2, -0.15) is 0 Å². The van der Waals surface area contributed by atoms with Gasteiger partial charge >= 0.3 is 0 Å². The smallest absolute Gasteiger partial charge is 0.253 e. The molecule has 20 heavy (non-hydrogen) atoms. The Morgan fingerprint density at radius 2 is 2.20 bits per heavy atom. The molecule has 0 aliphatic rings. The highest BCUT2D eigenvalue weighted by Gasteiger charge is 2.15. The summed E-state index contributed by atoms with van der Waals surface area (Å²) in [5.74, 6) is 0.468. The van der Waals surface area contributed by atoms with Gasteiger partial charge in [0.25, 0.3) is 5.91 Å². The van der Waals surface area contributed by atoms with Crippen LogP contribution in [0.3, 0.4) is 0 Å². The van der Waals surface area contributed by atoms with Crippen LogP contribution >= 0.6 is 0 Å². The first-order valence-electron chi connectivity index (χ1n) is 6.38. The van der Waals surface area contributed by atoms with Crippen LogP contribution in [-0.4, -0.2) is 12.0 Å². The molecule has 5 heteroatoms. The van der Waals surface area contributed by atoms with Gasteiger partial charge in [-0.1, -0.05) is 6.07 Å². The molecule has 1 amide bonds. The maximum atomic E-state index is 12.0. The quantitative estimate of drug-likeness (QED) is 0.822. The number of nitrogen functional groups attached to an aromatic ring is 1. The van der Waals surface area contributed by atoms with E-state index in [0.29, 0.717) is 17.1 Å². The van der Waals surface area contributed by atoms with Crippen molar-refractivity contribution in [2.75, 3.05) is 11.1 Å². The summed E-state index contributed by atoms with van der Waals surface area (Å²) >= 11 is 0. The van der Waals surface area contributed by atoms with Crippen LogP contribution in [0.1, 0.15) is 18.2 Å². The first-order chi connectivity index (χ1) is 9.58. The molecule has 106 valence electrons. The van der Waals surface area contributed by atoms with Crippen molar-refractivity contribution in [3.05, 3.63) is 47.9 Å². The number of amides is 1. The summed E-state index contributed by atoms with van der Waals surface area (Å²) in [6.07, 6.45) is 0.987. The Labute approximate surface area is 117 Å². The number of hydrogen-bond donors (Lipinski definition) is 2. The van der Waals surface area contributed by atoms with Gasteiger partial charge in [0.2, 0.25) is 0 Å². The normalized spacial score (nSPS) is 12.1. The predicted octanol–water partition coefficient (Wildman–Crippen LogP) is 2.71. The minimum absolute atomic E-state index is 0.217. The maximum absolute atomic E-state index is 12.0. The molecule has 0 saturated heterocycles. The number of ether oxygens (including phenoxy) is 1. The van der Waals surface area contributed by atoms with E-state index in [4.69, 9.17) is 14.9 Å². The molecule has 0 bridgehead atoms. The van der Waals surface area contributed by atoms with E-state index >= 15 is 0 Å². The van der Waals surface area contributed by atoms with E-state index in [0.717, 1.165) is 5.56 Å². The molecule has 5 nitrogen and oxygen atoms in total. The number of hydrogen-bond acceptors (Lipinski definition) is 4. The van der Waals surface area contributed by atoms with Crippen LogP contribution in [0.2, 0.25) is 0 Å². The first kappa shape index (κ1) is 14.1. The van der Waals surface area contributed by atoms with Crippen LogP contribution in [0.15, 0.2) is 41.0 Å². The lowest BCUT2D eigenvalue weighted by molar-refractivity contribution is -0.127. The number of benzene rings is 1. The second-order valence-corrected chi connectivity index (χ2v) is 4.54. The van der Waals surface area contributed by atoms with Gasteiger partial charge < -0.3 is 20.2 Å². The van der Waals surface area contributed by atoms with Crippen molar-refractivity contribution in [3.8, 4) is 0 Å². The highest BCUT2D eigenvalue weighted by atomic mass is 16.5. The fourth-order valence-corrected chi connectivity index (χ4v) is 1.70. The molecule has 2 aromatic rings. The van der Waals surface area contributed by atoms with Gasteiger partial charge in [-0.25, -0.2) is 0 Å². The minimum atomic E-state index is -0.582. The van der Waals surface area contributed by atoms with Gasteiger partial charge in [0, 0.05) is 11.4 Å². The third-order valence-electron chi connectivity index (χ3n) is 3.06. The SMILES string of the molecule is Cc1c(N)cccc1NC(=O)C(C)OCc1ccco1. The zero-order valence-electron chi connectivity index (χ0n) is 11.6. The lowest BCUT2D eigenvalue weighted by atomic mass is 10.1. The van der Waals surface area contributed by atoms with Crippen molar-refractivity contribution in [2.45, 2.75) is 26.6 Å². The third-order valence-corrected chi connectivity index (χ3v) is 3.06. The molecule has 1 atom stereocenters. The Kier molecular flexibility index (Phi) is 4.42. The summed E-state index contributed by atoms with van der Waals surface area (Å²) in [5.41, 5.74) is 7.99. The van der Waals surface area contributed by atoms with Gasteiger partial charge in [0.1, 0.15) is 18.5 Å². The van der Waals surface area contributed by atoms with Crippen LogP contribution in [0.25, 0.3) is 0 Å². The van der Waals surface area contributed by atoms with Crippen molar-refractivity contribution in [2.24, 2.45) is 0 Å². The second-order valence-electron chi connectivity index (χ2n) is 4.54. The van der Waals surface area contributed by atoms with E-state index in [9.17, 15) is 4.79 Å². The molecule has 1 aromatic carbocycles. The van der Waals surface area contributed by atoms with Gasteiger partial charge in [0.05, 0.1) is 6.26 Å². The van der Waals surface area contributed by atoms with Crippen LogP contribution in [0, 0.1) is 6.92 Å². The highest BCUT2D eigenvalue weighted by molar-refractivity contribution is 5.95. The average molecular weight is 274 g/mol. The predicted molar refractivity (Wildman–Crippen MR) is 77.2 cm³/mol. The Balaban J connectivity index is 1.92. The summed E-state index contributed by atoms with van der Waals surface area (Å²) in [7, 11) is 0. The molecule has 0 aliphatic carbocycles. The molecule has 0 spiro atoms. The van der Waals surface area contributed by atoms with E-state index in [-0.39, 0.29) is 12.5 Å². The molecule has 3 N–H and O–H groups in total. The van der Waals surface area contributed by atoms with Crippen molar-refractivity contribution < 1.29 is 13.9 Å². The average Bonchev–Trinajstić information content (AvgIpc) is 2.94. The Hall–Kier alpha value is -2.27. The molecule has 0 aliphatic heterocycles. The molecule has 1 heterocycles. The number of carbonyl (C=O) groups is 1. The minimum Gasteiger partial charge on any atom is -0.467 e. The van der Waals surface area contributed by atoms with Crippen LogP contribution in [0.4, 0.5) is 11.4 Å². The van der Waals surface area contributed by atoms with Gasteiger partial charge in [0.15, 0.2) is 0 Å².